The lowest BCUT2D eigenvalue weighted by atomic mass is 9.83. The van der Waals surface area contributed by atoms with Gasteiger partial charge in [-0.25, -0.2) is 4.79 Å². The van der Waals surface area contributed by atoms with Crippen LogP contribution in [0.2, 0.25) is 0 Å². The van der Waals surface area contributed by atoms with Crippen LogP contribution in [0, 0.1) is 11.3 Å². The first kappa shape index (κ1) is 26.1. The molecule has 3 aromatic rings. The van der Waals surface area contributed by atoms with Gasteiger partial charge in [-0.05, 0) is 58.2 Å². The van der Waals surface area contributed by atoms with Crippen LogP contribution < -0.4 is 24.7 Å². The van der Waals surface area contributed by atoms with Gasteiger partial charge in [-0.1, -0.05) is 44.0 Å². The van der Waals surface area contributed by atoms with Gasteiger partial charge in [0.15, 0.2) is 11.5 Å². The molecule has 37 heavy (non-hydrogen) atoms. The molecule has 1 atom stereocenters. The van der Waals surface area contributed by atoms with Crippen LogP contribution in [0.4, 0.5) is 0 Å². The lowest BCUT2D eigenvalue weighted by molar-refractivity contribution is 0.0733. The van der Waals surface area contributed by atoms with Gasteiger partial charge >= 0.3 is 5.97 Å². The summed E-state index contributed by atoms with van der Waals surface area (Å²) in [4.78, 5) is 12.7. The third kappa shape index (κ3) is 5.73. The van der Waals surface area contributed by atoms with Crippen molar-refractivity contribution in [2.24, 2.45) is 5.73 Å². The zero-order valence-electron chi connectivity index (χ0n) is 20.6. The first-order chi connectivity index (χ1) is 18.0. The molecule has 7 nitrogen and oxygen atoms in total. The van der Waals surface area contributed by atoms with Crippen LogP contribution in [0.25, 0.3) is 0 Å². The number of nitriles is 1. The van der Waals surface area contributed by atoms with E-state index >= 15 is 0 Å². The molecular weight excluding hydrogens is 536 g/mol. The molecule has 2 N–H and O–H groups in total. The van der Waals surface area contributed by atoms with Crippen LogP contribution in [0.3, 0.4) is 0 Å². The number of nitrogens with two attached hydrogens (primary N) is 1. The smallest absolute Gasteiger partial charge is 0.344 e. The molecule has 0 aromatic heterocycles. The second kappa shape index (κ2) is 11.8. The summed E-state index contributed by atoms with van der Waals surface area (Å²) in [5.74, 6) is 0.882. The number of methoxy groups -OCH3 is 1. The van der Waals surface area contributed by atoms with Gasteiger partial charge < -0.3 is 24.7 Å². The molecule has 0 bridgehead atoms. The molecule has 0 spiro atoms. The minimum Gasteiger partial charge on any atom is -0.493 e. The Morgan fingerprint density at radius 2 is 1.92 bits per heavy atom. The Morgan fingerprint density at radius 3 is 2.65 bits per heavy atom. The van der Waals surface area contributed by atoms with E-state index in [0.717, 1.165) is 24.8 Å². The number of benzene rings is 3. The van der Waals surface area contributed by atoms with Crippen LogP contribution >= 0.6 is 15.9 Å². The Balaban J connectivity index is 1.65. The summed E-state index contributed by atoms with van der Waals surface area (Å²) in [6, 6.07) is 19.8. The predicted molar refractivity (Wildman–Crippen MR) is 143 cm³/mol. The summed E-state index contributed by atoms with van der Waals surface area (Å²) in [5.41, 5.74) is 8.34. The Kier molecular flexibility index (Phi) is 8.36. The minimum absolute atomic E-state index is 0.00635. The molecule has 4 rings (SSSR count). The van der Waals surface area contributed by atoms with E-state index in [-0.39, 0.29) is 11.5 Å². The molecule has 1 heterocycles. The molecular formula is C29H27BrN2O5. The van der Waals surface area contributed by atoms with Crippen molar-refractivity contribution in [3.63, 3.8) is 0 Å². The topological polar surface area (TPSA) is 104 Å². The monoisotopic (exact) mass is 562 g/mol. The molecule has 0 radical (unpaired) electrons. The lowest BCUT2D eigenvalue weighted by Gasteiger charge is -2.27. The average Bonchev–Trinajstić information content (AvgIpc) is 2.90. The summed E-state index contributed by atoms with van der Waals surface area (Å²) in [6.07, 6.45) is 3.16. The number of halogens is 1. The van der Waals surface area contributed by atoms with Crippen LogP contribution in [-0.2, 0) is 0 Å². The highest BCUT2D eigenvalue weighted by molar-refractivity contribution is 9.10. The molecule has 1 aliphatic rings. The maximum atomic E-state index is 12.7. The van der Waals surface area contributed by atoms with E-state index < -0.39 is 11.9 Å². The number of hydrogen-bond donors (Lipinski definition) is 1. The second-order valence-corrected chi connectivity index (χ2v) is 9.31. The van der Waals surface area contributed by atoms with Gasteiger partial charge in [0, 0.05) is 16.1 Å². The molecule has 0 amide bonds. The van der Waals surface area contributed by atoms with Gasteiger partial charge in [0.2, 0.25) is 5.88 Å². The molecule has 0 saturated heterocycles. The van der Waals surface area contributed by atoms with Gasteiger partial charge in [-0.2, -0.15) is 5.26 Å². The average molecular weight is 563 g/mol. The molecule has 0 fully saturated rings. The quantitative estimate of drug-likeness (QED) is 0.181. The first-order valence-corrected chi connectivity index (χ1v) is 12.7. The van der Waals surface area contributed by atoms with Crippen molar-refractivity contribution >= 4 is 21.9 Å². The number of ether oxygens (including phenoxy) is 4. The summed E-state index contributed by atoms with van der Waals surface area (Å²) in [6.45, 7) is 2.74. The maximum Gasteiger partial charge on any atom is 0.344 e. The van der Waals surface area contributed by atoms with Gasteiger partial charge in [0.25, 0.3) is 0 Å². The lowest BCUT2D eigenvalue weighted by Crippen LogP contribution is -2.21. The molecule has 190 valence electrons. The van der Waals surface area contributed by atoms with E-state index in [9.17, 15) is 10.1 Å². The number of allylic oxidation sites excluding steroid dienone is 1. The van der Waals surface area contributed by atoms with Gasteiger partial charge in [-0.15, -0.1) is 0 Å². The number of carbonyl (C=O) groups is 1. The number of carbonyl (C=O) groups excluding carboxylic acids is 1. The largest absolute Gasteiger partial charge is 0.493 e. The van der Waals surface area contributed by atoms with E-state index in [4.69, 9.17) is 24.7 Å². The van der Waals surface area contributed by atoms with E-state index in [1.807, 2.05) is 24.3 Å². The highest BCUT2D eigenvalue weighted by Gasteiger charge is 2.32. The van der Waals surface area contributed by atoms with Crippen molar-refractivity contribution in [3.8, 4) is 29.1 Å². The van der Waals surface area contributed by atoms with Crippen molar-refractivity contribution in [1.82, 2.24) is 0 Å². The second-order valence-electron chi connectivity index (χ2n) is 8.46. The number of esters is 1. The zero-order valence-corrected chi connectivity index (χ0v) is 22.2. The minimum atomic E-state index is -0.514. The van der Waals surface area contributed by atoms with E-state index in [2.05, 4.69) is 28.9 Å². The van der Waals surface area contributed by atoms with E-state index in [1.165, 1.54) is 0 Å². The third-order valence-electron chi connectivity index (χ3n) is 6.02. The summed E-state index contributed by atoms with van der Waals surface area (Å²) < 4.78 is 23.5. The fraction of sp³-hybridized carbons (Fsp3) is 0.241. The number of hydrogen-bond acceptors (Lipinski definition) is 7. The standard InChI is InChI=1S/C29H27BrN2O5/c1-3-4-7-14-35-24-13-10-18(15-26(24)34-2)27-21-12-11-19(16-25(21)37-28(32)22(27)17-31)36-29(33)20-8-5-6-9-23(20)30/h5-6,8-13,15-16,27H,3-4,7,14,32H2,1-2H3. The predicted octanol–water partition coefficient (Wildman–Crippen LogP) is 6.46. The molecule has 0 aliphatic carbocycles. The Labute approximate surface area is 224 Å². The SMILES string of the molecule is CCCCCOc1ccc(C2C(C#N)=C(N)Oc3cc(OC(=O)c4ccccc4Br)ccc32)cc1OC. The molecule has 8 heteroatoms. The molecule has 3 aromatic carbocycles. The number of nitrogens with zero attached hydrogens (tertiary/aromatic N) is 1. The molecule has 1 unspecified atom stereocenters. The maximum absolute atomic E-state index is 12.7. The van der Waals surface area contributed by atoms with Crippen molar-refractivity contribution in [1.29, 1.82) is 5.26 Å². The number of unbranched alkanes of at least 4 members (excludes halogenated alkanes) is 2. The normalized spacial score (nSPS) is 14.3. The Hall–Kier alpha value is -3.96. The first-order valence-electron chi connectivity index (χ1n) is 12.0. The van der Waals surface area contributed by atoms with Gasteiger partial charge in [0.1, 0.15) is 23.1 Å². The van der Waals surface area contributed by atoms with Crippen molar-refractivity contribution < 1.29 is 23.7 Å². The fourth-order valence-electron chi connectivity index (χ4n) is 4.15. The Morgan fingerprint density at radius 1 is 1.11 bits per heavy atom. The van der Waals surface area contributed by atoms with E-state index in [1.54, 1.807) is 43.5 Å². The van der Waals surface area contributed by atoms with E-state index in [0.29, 0.717) is 45.2 Å². The van der Waals surface area contributed by atoms with Crippen LogP contribution in [0.5, 0.6) is 23.0 Å². The van der Waals surface area contributed by atoms with Crippen LogP contribution in [0.1, 0.15) is 53.6 Å². The van der Waals surface area contributed by atoms with Gasteiger partial charge in [-0.3, -0.25) is 0 Å². The Bertz CT molecular complexity index is 1380. The summed E-state index contributed by atoms with van der Waals surface area (Å²) >= 11 is 3.37. The van der Waals surface area contributed by atoms with Crippen molar-refractivity contribution in [2.45, 2.75) is 32.1 Å². The number of fused-ring (bicyclic) bond motifs is 1. The number of rotatable bonds is 9. The molecule has 1 aliphatic heterocycles. The fourth-order valence-corrected chi connectivity index (χ4v) is 4.59. The molecule has 0 saturated carbocycles. The summed E-state index contributed by atoms with van der Waals surface area (Å²) in [7, 11) is 1.58. The van der Waals surface area contributed by atoms with Crippen LogP contribution in [-0.4, -0.2) is 19.7 Å². The summed E-state index contributed by atoms with van der Waals surface area (Å²) in [5, 5.41) is 9.89. The highest BCUT2D eigenvalue weighted by atomic mass is 79.9. The van der Waals surface area contributed by atoms with Gasteiger partial charge in [0.05, 0.1) is 25.2 Å². The third-order valence-corrected chi connectivity index (χ3v) is 6.71. The van der Waals surface area contributed by atoms with Crippen LogP contribution in [0.15, 0.2) is 76.6 Å². The highest BCUT2D eigenvalue weighted by Crippen LogP contribution is 2.45. The van der Waals surface area contributed by atoms with Crippen molar-refractivity contribution in [3.05, 3.63) is 93.3 Å². The zero-order chi connectivity index (χ0) is 26.4. The van der Waals surface area contributed by atoms with Crippen molar-refractivity contribution in [2.75, 3.05) is 13.7 Å².